The highest BCUT2D eigenvalue weighted by Gasteiger charge is 2.20. The zero-order chi connectivity index (χ0) is 9.97. The van der Waals surface area contributed by atoms with Crippen LogP contribution in [0, 0.1) is 0 Å². The Bertz CT molecular complexity index is 291. The molecule has 1 aliphatic heterocycles. The highest BCUT2D eigenvalue weighted by Crippen LogP contribution is 2.25. The average Bonchev–Trinajstić information content (AvgIpc) is 2.65. The summed E-state index contributed by atoms with van der Waals surface area (Å²) in [6.45, 7) is 2.29. The number of hydrogen-bond acceptors (Lipinski definition) is 4. The third kappa shape index (κ3) is 2.04. The van der Waals surface area contributed by atoms with Crippen molar-refractivity contribution in [3.63, 3.8) is 0 Å². The first-order valence-corrected chi connectivity index (χ1v) is 6.06. The summed E-state index contributed by atoms with van der Waals surface area (Å²) in [7, 11) is 0. The molecule has 1 aromatic rings. The van der Waals surface area contributed by atoms with Gasteiger partial charge in [-0.2, -0.15) is 5.10 Å². The molecule has 5 heteroatoms. The summed E-state index contributed by atoms with van der Waals surface area (Å²) < 4.78 is 4.40. The number of anilines is 1. The Morgan fingerprint density at radius 1 is 1.50 bits per heavy atom. The van der Waals surface area contributed by atoms with Crippen LogP contribution in [0.15, 0.2) is 12.4 Å². The molecule has 0 atom stereocenters. The Labute approximate surface area is 88.6 Å². The lowest BCUT2D eigenvalue weighted by Gasteiger charge is -2.30. The van der Waals surface area contributed by atoms with Crippen molar-refractivity contribution in [3.8, 4) is 0 Å². The number of nitrogens with two attached hydrogens (primary N) is 1. The Morgan fingerprint density at radius 2 is 2.21 bits per heavy atom. The van der Waals surface area contributed by atoms with Crippen LogP contribution in [0.3, 0.4) is 0 Å². The SMILES string of the molecule is CSN1CCC(n2cc(N)cn2)CC1. The molecule has 1 saturated heterocycles. The molecule has 4 nitrogen and oxygen atoms in total. The number of hydrogen-bond donors (Lipinski definition) is 1. The van der Waals surface area contributed by atoms with Crippen LogP contribution in [0.5, 0.6) is 0 Å². The zero-order valence-corrected chi connectivity index (χ0v) is 9.20. The van der Waals surface area contributed by atoms with Crippen molar-refractivity contribution in [2.45, 2.75) is 18.9 Å². The normalized spacial score (nSPS) is 20.1. The lowest BCUT2D eigenvalue weighted by Crippen LogP contribution is -2.29. The maximum Gasteiger partial charge on any atom is 0.0719 e. The zero-order valence-electron chi connectivity index (χ0n) is 8.39. The van der Waals surface area contributed by atoms with Crippen molar-refractivity contribution in [3.05, 3.63) is 12.4 Å². The summed E-state index contributed by atoms with van der Waals surface area (Å²) in [6, 6.07) is 0.538. The van der Waals surface area contributed by atoms with Crippen LogP contribution >= 0.6 is 11.9 Å². The Kier molecular flexibility index (Phi) is 2.98. The smallest absolute Gasteiger partial charge is 0.0719 e. The van der Waals surface area contributed by atoms with Gasteiger partial charge >= 0.3 is 0 Å². The fourth-order valence-electron chi connectivity index (χ4n) is 1.84. The van der Waals surface area contributed by atoms with Gasteiger partial charge in [0.1, 0.15) is 0 Å². The van der Waals surface area contributed by atoms with E-state index in [4.69, 9.17) is 5.73 Å². The molecule has 0 spiro atoms. The van der Waals surface area contributed by atoms with Gasteiger partial charge in [-0.3, -0.25) is 8.99 Å². The van der Waals surface area contributed by atoms with E-state index in [1.165, 1.54) is 12.8 Å². The minimum Gasteiger partial charge on any atom is -0.396 e. The maximum absolute atomic E-state index is 5.64. The largest absolute Gasteiger partial charge is 0.396 e. The molecule has 0 radical (unpaired) electrons. The third-order valence-corrected chi connectivity index (χ3v) is 3.56. The van der Waals surface area contributed by atoms with E-state index in [1.807, 2.05) is 22.8 Å². The van der Waals surface area contributed by atoms with E-state index in [1.54, 1.807) is 6.20 Å². The Morgan fingerprint density at radius 3 is 2.71 bits per heavy atom. The van der Waals surface area contributed by atoms with E-state index in [0.29, 0.717) is 6.04 Å². The molecular weight excluding hydrogens is 196 g/mol. The van der Waals surface area contributed by atoms with Crippen molar-refractivity contribution >= 4 is 17.6 Å². The molecule has 1 fully saturated rings. The lowest BCUT2D eigenvalue weighted by atomic mass is 10.1. The van der Waals surface area contributed by atoms with E-state index in [9.17, 15) is 0 Å². The van der Waals surface area contributed by atoms with E-state index in [-0.39, 0.29) is 0 Å². The Balaban J connectivity index is 1.95. The van der Waals surface area contributed by atoms with Crippen molar-refractivity contribution in [1.82, 2.24) is 14.1 Å². The second kappa shape index (κ2) is 4.23. The number of aromatic nitrogens is 2. The van der Waals surface area contributed by atoms with Crippen LogP contribution in [0.2, 0.25) is 0 Å². The molecule has 2 heterocycles. The van der Waals surface area contributed by atoms with Crippen molar-refractivity contribution in [2.75, 3.05) is 25.1 Å². The molecule has 0 saturated carbocycles. The topological polar surface area (TPSA) is 47.1 Å². The minimum atomic E-state index is 0.538. The summed E-state index contributed by atoms with van der Waals surface area (Å²) >= 11 is 1.83. The standard InChI is InChI=1S/C9H16N4S/c1-14-12-4-2-9(3-5-12)13-7-8(10)6-11-13/h6-7,9H,2-5,10H2,1H3. The number of nitrogen functional groups attached to an aromatic ring is 1. The molecule has 2 N–H and O–H groups in total. The van der Waals surface area contributed by atoms with Gasteiger partial charge in [-0.25, -0.2) is 0 Å². The maximum atomic E-state index is 5.64. The molecule has 14 heavy (non-hydrogen) atoms. The van der Waals surface area contributed by atoms with Crippen LogP contribution in [-0.2, 0) is 0 Å². The third-order valence-electron chi connectivity index (χ3n) is 2.68. The highest BCUT2D eigenvalue weighted by molar-refractivity contribution is 7.96. The van der Waals surface area contributed by atoms with E-state index >= 15 is 0 Å². The second-order valence-electron chi connectivity index (χ2n) is 3.60. The van der Waals surface area contributed by atoms with Crippen molar-refractivity contribution in [2.24, 2.45) is 0 Å². The van der Waals surface area contributed by atoms with E-state index in [0.717, 1.165) is 18.8 Å². The molecule has 1 aromatic heterocycles. The Hall–Kier alpha value is -0.680. The molecule has 0 bridgehead atoms. The first kappa shape index (κ1) is 9.86. The molecular formula is C9H16N4S. The molecule has 0 amide bonds. The van der Waals surface area contributed by atoms with Gasteiger partial charge in [0.2, 0.25) is 0 Å². The van der Waals surface area contributed by atoms with Gasteiger partial charge in [0, 0.05) is 19.3 Å². The number of nitrogens with zero attached hydrogens (tertiary/aromatic N) is 3. The molecule has 0 aliphatic carbocycles. The van der Waals surface area contributed by atoms with Gasteiger partial charge in [0.15, 0.2) is 0 Å². The van der Waals surface area contributed by atoms with Crippen molar-refractivity contribution in [1.29, 1.82) is 0 Å². The molecule has 0 unspecified atom stereocenters. The average molecular weight is 212 g/mol. The molecule has 0 aromatic carbocycles. The summed E-state index contributed by atoms with van der Waals surface area (Å²) in [5.74, 6) is 0. The summed E-state index contributed by atoms with van der Waals surface area (Å²) in [5.41, 5.74) is 6.40. The van der Waals surface area contributed by atoms with Crippen LogP contribution in [0.4, 0.5) is 5.69 Å². The van der Waals surface area contributed by atoms with E-state index < -0.39 is 0 Å². The predicted octanol–water partition coefficient (Wildman–Crippen LogP) is 1.38. The number of rotatable bonds is 2. The predicted molar refractivity (Wildman–Crippen MR) is 60.0 cm³/mol. The molecule has 1 aliphatic rings. The number of piperidine rings is 1. The van der Waals surface area contributed by atoms with Gasteiger partial charge in [0.05, 0.1) is 17.9 Å². The minimum absolute atomic E-state index is 0.538. The first-order valence-electron chi connectivity index (χ1n) is 4.88. The quantitative estimate of drug-likeness (QED) is 0.752. The van der Waals surface area contributed by atoms with Gasteiger partial charge in [0.25, 0.3) is 0 Å². The van der Waals surface area contributed by atoms with Crippen molar-refractivity contribution < 1.29 is 0 Å². The van der Waals surface area contributed by atoms with E-state index in [2.05, 4.69) is 15.7 Å². The van der Waals surface area contributed by atoms with Crippen LogP contribution < -0.4 is 5.73 Å². The van der Waals surface area contributed by atoms with Gasteiger partial charge < -0.3 is 5.73 Å². The summed E-state index contributed by atoms with van der Waals surface area (Å²) in [6.07, 6.45) is 8.12. The molecule has 2 rings (SSSR count). The fourth-order valence-corrected chi connectivity index (χ4v) is 2.42. The monoisotopic (exact) mass is 212 g/mol. The van der Waals surface area contributed by atoms with Crippen LogP contribution in [0.1, 0.15) is 18.9 Å². The second-order valence-corrected chi connectivity index (χ2v) is 4.48. The highest BCUT2D eigenvalue weighted by atomic mass is 32.2. The first-order chi connectivity index (χ1) is 6.79. The van der Waals surface area contributed by atoms with Gasteiger partial charge in [-0.05, 0) is 19.1 Å². The fraction of sp³-hybridized carbons (Fsp3) is 0.667. The van der Waals surface area contributed by atoms with Crippen LogP contribution in [0.25, 0.3) is 0 Å². The van der Waals surface area contributed by atoms with Gasteiger partial charge in [-0.15, -0.1) is 0 Å². The molecule has 78 valence electrons. The lowest BCUT2D eigenvalue weighted by molar-refractivity contribution is 0.276. The van der Waals surface area contributed by atoms with Gasteiger partial charge in [-0.1, -0.05) is 11.9 Å². The summed E-state index contributed by atoms with van der Waals surface area (Å²) in [5, 5.41) is 4.26. The summed E-state index contributed by atoms with van der Waals surface area (Å²) in [4.78, 5) is 0. The van der Waals surface area contributed by atoms with Crippen LogP contribution in [-0.4, -0.2) is 33.4 Å².